The topological polar surface area (TPSA) is 45.7 Å². The second kappa shape index (κ2) is 11.5. The molecular formula is C14H22F2IN3O. The van der Waals surface area contributed by atoms with Gasteiger partial charge in [0.15, 0.2) is 5.96 Å². The van der Waals surface area contributed by atoms with Gasteiger partial charge in [-0.25, -0.2) is 4.99 Å². The Kier molecular flexibility index (Phi) is 10.9. The molecule has 0 spiro atoms. The minimum Gasteiger partial charge on any atom is -0.435 e. The molecular weight excluding hydrogens is 391 g/mol. The highest BCUT2D eigenvalue weighted by molar-refractivity contribution is 14.0. The molecule has 1 aromatic rings. The van der Waals surface area contributed by atoms with Crippen molar-refractivity contribution in [2.75, 3.05) is 13.1 Å². The maximum atomic E-state index is 12.1. The zero-order valence-corrected chi connectivity index (χ0v) is 14.6. The molecule has 0 aliphatic carbocycles. The molecule has 0 bridgehead atoms. The van der Waals surface area contributed by atoms with Crippen LogP contribution in [-0.4, -0.2) is 25.7 Å². The van der Waals surface area contributed by atoms with Crippen LogP contribution in [0.2, 0.25) is 0 Å². The predicted octanol–water partition coefficient (Wildman–Crippen LogP) is 3.37. The summed E-state index contributed by atoms with van der Waals surface area (Å²) < 4.78 is 28.6. The molecule has 1 rings (SSSR count). The number of rotatable bonds is 7. The summed E-state index contributed by atoms with van der Waals surface area (Å²) in [6.45, 7) is 3.25. The number of benzene rings is 1. The highest BCUT2D eigenvalue weighted by atomic mass is 127. The number of nitrogens with one attached hydrogen (secondary N) is 2. The third-order valence-electron chi connectivity index (χ3n) is 2.43. The Labute approximate surface area is 141 Å². The van der Waals surface area contributed by atoms with Gasteiger partial charge in [0, 0.05) is 13.1 Å². The average molecular weight is 413 g/mol. The number of ether oxygens (including phenoxy) is 1. The fourth-order valence-electron chi connectivity index (χ4n) is 1.58. The highest BCUT2D eigenvalue weighted by Gasteiger charge is 2.04. The largest absolute Gasteiger partial charge is 0.435 e. The SMILES string of the molecule is CCCNC(=NCc1cccc(OC(F)F)c1)NCC.I. The monoisotopic (exact) mass is 413 g/mol. The molecule has 7 heteroatoms. The standard InChI is InChI=1S/C14H21F2N3O.HI/c1-3-8-18-14(17-4-2)19-10-11-6-5-7-12(9-11)20-13(15)16;/h5-7,9,13H,3-4,8,10H2,1-2H3,(H2,17,18,19);1H. The lowest BCUT2D eigenvalue weighted by Crippen LogP contribution is -2.37. The Morgan fingerprint density at radius 2 is 2.05 bits per heavy atom. The molecule has 0 atom stereocenters. The summed E-state index contributed by atoms with van der Waals surface area (Å²) in [5.74, 6) is 0.869. The summed E-state index contributed by atoms with van der Waals surface area (Å²) in [7, 11) is 0. The van der Waals surface area contributed by atoms with Crippen LogP contribution in [0.1, 0.15) is 25.8 Å². The van der Waals surface area contributed by atoms with E-state index >= 15 is 0 Å². The Morgan fingerprint density at radius 3 is 2.67 bits per heavy atom. The molecule has 0 aliphatic heterocycles. The van der Waals surface area contributed by atoms with Crippen LogP contribution in [0.15, 0.2) is 29.3 Å². The van der Waals surface area contributed by atoms with Gasteiger partial charge >= 0.3 is 6.61 Å². The molecule has 0 amide bonds. The van der Waals surface area contributed by atoms with Gasteiger partial charge in [-0.3, -0.25) is 0 Å². The van der Waals surface area contributed by atoms with E-state index in [2.05, 4.69) is 27.3 Å². The summed E-state index contributed by atoms with van der Waals surface area (Å²) in [5.41, 5.74) is 0.817. The van der Waals surface area contributed by atoms with Gasteiger partial charge in [0.05, 0.1) is 6.54 Å². The van der Waals surface area contributed by atoms with Crippen LogP contribution in [-0.2, 0) is 6.54 Å². The minimum atomic E-state index is -2.81. The Morgan fingerprint density at radius 1 is 1.29 bits per heavy atom. The molecule has 0 heterocycles. The molecule has 0 aromatic heterocycles. The van der Waals surface area contributed by atoms with Gasteiger partial charge in [0.2, 0.25) is 0 Å². The number of halogens is 3. The number of hydrogen-bond donors (Lipinski definition) is 2. The number of hydrogen-bond acceptors (Lipinski definition) is 2. The molecule has 0 unspecified atom stereocenters. The van der Waals surface area contributed by atoms with E-state index in [1.165, 1.54) is 6.07 Å². The van der Waals surface area contributed by atoms with Crippen molar-refractivity contribution in [3.8, 4) is 5.75 Å². The van der Waals surface area contributed by atoms with Gasteiger partial charge < -0.3 is 15.4 Å². The number of aliphatic imine (C=N–C) groups is 1. The fraction of sp³-hybridized carbons (Fsp3) is 0.500. The van der Waals surface area contributed by atoms with Crippen LogP contribution < -0.4 is 15.4 Å². The van der Waals surface area contributed by atoms with Crippen LogP contribution in [0.4, 0.5) is 8.78 Å². The summed E-state index contributed by atoms with van der Waals surface area (Å²) in [6.07, 6.45) is 1.00. The molecule has 0 saturated carbocycles. The van der Waals surface area contributed by atoms with E-state index in [1.807, 2.05) is 13.0 Å². The first-order chi connectivity index (χ1) is 9.65. The zero-order chi connectivity index (χ0) is 14.8. The van der Waals surface area contributed by atoms with Crippen molar-refractivity contribution in [1.82, 2.24) is 10.6 Å². The van der Waals surface area contributed by atoms with Gasteiger partial charge in [-0.15, -0.1) is 24.0 Å². The van der Waals surface area contributed by atoms with E-state index < -0.39 is 6.61 Å². The lowest BCUT2D eigenvalue weighted by molar-refractivity contribution is -0.0498. The Balaban J connectivity index is 0.00000400. The average Bonchev–Trinajstić information content (AvgIpc) is 2.41. The van der Waals surface area contributed by atoms with Crippen LogP contribution in [0.25, 0.3) is 0 Å². The second-order valence-electron chi connectivity index (χ2n) is 4.15. The fourth-order valence-corrected chi connectivity index (χ4v) is 1.58. The zero-order valence-electron chi connectivity index (χ0n) is 12.2. The number of guanidine groups is 1. The van der Waals surface area contributed by atoms with Gasteiger partial charge in [0.1, 0.15) is 5.75 Å². The second-order valence-corrected chi connectivity index (χ2v) is 4.15. The number of alkyl halides is 2. The summed E-state index contributed by atoms with van der Waals surface area (Å²) >= 11 is 0. The molecule has 0 radical (unpaired) electrons. The highest BCUT2D eigenvalue weighted by Crippen LogP contribution is 2.16. The number of nitrogens with zero attached hydrogens (tertiary/aromatic N) is 1. The van der Waals surface area contributed by atoms with Gasteiger partial charge in [0.25, 0.3) is 0 Å². The molecule has 2 N–H and O–H groups in total. The Bertz CT molecular complexity index is 430. The van der Waals surface area contributed by atoms with Crippen LogP contribution in [0.5, 0.6) is 5.75 Å². The third-order valence-corrected chi connectivity index (χ3v) is 2.43. The summed E-state index contributed by atoms with van der Waals surface area (Å²) in [6, 6.07) is 6.57. The van der Waals surface area contributed by atoms with E-state index in [0.717, 1.165) is 31.0 Å². The lowest BCUT2D eigenvalue weighted by atomic mass is 10.2. The van der Waals surface area contributed by atoms with Crippen LogP contribution in [0.3, 0.4) is 0 Å². The van der Waals surface area contributed by atoms with Gasteiger partial charge in [-0.2, -0.15) is 8.78 Å². The van der Waals surface area contributed by atoms with Crippen molar-refractivity contribution < 1.29 is 13.5 Å². The first kappa shape index (κ1) is 19.9. The molecule has 4 nitrogen and oxygen atoms in total. The molecule has 0 fully saturated rings. The minimum absolute atomic E-state index is 0. The summed E-state index contributed by atoms with van der Waals surface area (Å²) in [4.78, 5) is 4.39. The van der Waals surface area contributed by atoms with Crippen molar-refractivity contribution in [3.05, 3.63) is 29.8 Å². The van der Waals surface area contributed by atoms with Gasteiger partial charge in [-0.1, -0.05) is 19.1 Å². The van der Waals surface area contributed by atoms with Crippen molar-refractivity contribution in [2.45, 2.75) is 33.4 Å². The molecule has 1 aromatic carbocycles. The predicted molar refractivity (Wildman–Crippen MR) is 91.6 cm³/mol. The van der Waals surface area contributed by atoms with E-state index in [-0.39, 0.29) is 29.7 Å². The van der Waals surface area contributed by atoms with E-state index in [4.69, 9.17) is 0 Å². The molecule has 21 heavy (non-hydrogen) atoms. The maximum absolute atomic E-state index is 12.1. The van der Waals surface area contributed by atoms with E-state index in [1.54, 1.807) is 12.1 Å². The lowest BCUT2D eigenvalue weighted by Gasteiger charge is -2.10. The van der Waals surface area contributed by atoms with Crippen LogP contribution in [0, 0.1) is 0 Å². The first-order valence-corrected chi connectivity index (χ1v) is 6.71. The van der Waals surface area contributed by atoms with Crippen molar-refractivity contribution in [2.24, 2.45) is 4.99 Å². The molecule has 120 valence electrons. The van der Waals surface area contributed by atoms with Crippen LogP contribution >= 0.6 is 24.0 Å². The summed E-state index contributed by atoms with van der Waals surface area (Å²) in [5, 5.41) is 6.30. The molecule has 0 saturated heterocycles. The normalized spacial score (nSPS) is 11.0. The van der Waals surface area contributed by atoms with Crippen molar-refractivity contribution in [1.29, 1.82) is 0 Å². The van der Waals surface area contributed by atoms with Crippen molar-refractivity contribution >= 4 is 29.9 Å². The molecule has 0 aliphatic rings. The quantitative estimate of drug-likeness (QED) is 0.410. The first-order valence-electron chi connectivity index (χ1n) is 6.71. The maximum Gasteiger partial charge on any atom is 0.387 e. The van der Waals surface area contributed by atoms with Gasteiger partial charge in [-0.05, 0) is 31.0 Å². The smallest absolute Gasteiger partial charge is 0.387 e. The van der Waals surface area contributed by atoms with E-state index in [0.29, 0.717) is 6.54 Å². The Hall–Kier alpha value is -1.12. The van der Waals surface area contributed by atoms with Crippen molar-refractivity contribution in [3.63, 3.8) is 0 Å². The van der Waals surface area contributed by atoms with E-state index in [9.17, 15) is 8.78 Å². The third kappa shape index (κ3) is 8.69.